The number of aromatic nitrogens is 2. The van der Waals surface area contributed by atoms with Crippen LogP contribution in [0.5, 0.6) is 0 Å². The molecule has 1 aromatic rings. The number of methoxy groups -OCH3 is 1. The summed E-state index contributed by atoms with van der Waals surface area (Å²) in [6.45, 7) is 5.37. The number of hydrogen-bond acceptors (Lipinski definition) is 7. The number of carbonyl (C=O) groups excluding carboxylic acids is 1. The molecule has 1 fully saturated rings. The molecule has 0 aliphatic carbocycles. The summed E-state index contributed by atoms with van der Waals surface area (Å²) >= 11 is 0. The van der Waals surface area contributed by atoms with Gasteiger partial charge in [0.05, 0.1) is 12.8 Å². The van der Waals surface area contributed by atoms with Crippen molar-refractivity contribution in [2.24, 2.45) is 0 Å². The zero-order chi connectivity index (χ0) is 14.0. The summed E-state index contributed by atoms with van der Waals surface area (Å²) in [5.74, 6) is 0.254. The van der Waals surface area contributed by atoms with E-state index in [0.29, 0.717) is 11.6 Å². The van der Waals surface area contributed by atoms with Gasteiger partial charge in [0.25, 0.3) is 0 Å². The van der Waals surface area contributed by atoms with E-state index >= 15 is 0 Å². The number of carbonyl (C=O) groups is 1. The first kappa shape index (κ1) is 13.5. The molecule has 0 amide bonds. The molecular formula is C12H19N5O2. The summed E-state index contributed by atoms with van der Waals surface area (Å²) in [7, 11) is 3.40. The van der Waals surface area contributed by atoms with Crippen LogP contribution in [0.1, 0.15) is 16.1 Å². The predicted octanol–water partition coefficient (Wildman–Crippen LogP) is -0.0944. The third kappa shape index (κ3) is 2.76. The Morgan fingerprint density at radius 3 is 2.42 bits per heavy atom. The van der Waals surface area contributed by atoms with Gasteiger partial charge in [-0.15, -0.1) is 0 Å². The van der Waals surface area contributed by atoms with Gasteiger partial charge in [-0.1, -0.05) is 0 Å². The minimum Gasteiger partial charge on any atom is -0.465 e. The number of nitrogen functional groups attached to an aromatic ring is 1. The molecule has 1 aromatic heterocycles. The zero-order valence-corrected chi connectivity index (χ0v) is 11.5. The maximum atomic E-state index is 11.6. The van der Waals surface area contributed by atoms with Crippen LogP contribution >= 0.6 is 0 Å². The van der Waals surface area contributed by atoms with Crippen LogP contribution in [-0.2, 0) is 4.74 Å². The Balaban J connectivity index is 2.27. The lowest BCUT2D eigenvalue weighted by molar-refractivity contribution is 0.0600. The molecule has 0 atom stereocenters. The first-order valence-electron chi connectivity index (χ1n) is 6.19. The van der Waals surface area contributed by atoms with E-state index < -0.39 is 5.97 Å². The van der Waals surface area contributed by atoms with Crippen molar-refractivity contribution in [3.05, 3.63) is 11.3 Å². The van der Waals surface area contributed by atoms with Crippen molar-refractivity contribution in [1.29, 1.82) is 0 Å². The molecule has 0 unspecified atom stereocenters. The van der Waals surface area contributed by atoms with Gasteiger partial charge in [-0.2, -0.15) is 4.98 Å². The molecule has 2 N–H and O–H groups in total. The summed E-state index contributed by atoms with van der Waals surface area (Å²) in [4.78, 5) is 24.5. The Morgan fingerprint density at radius 1 is 1.26 bits per heavy atom. The van der Waals surface area contributed by atoms with Crippen LogP contribution in [0.4, 0.5) is 11.8 Å². The Bertz CT molecular complexity index is 460. The number of nitrogens with zero attached hydrogens (tertiary/aromatic N) is 4. The first-order chi connectivity index (χ1) is 9.02. The van der Waals surface area contributed by atoms with Gasteiger partial charge in [-0.3, -0.25) is 0 Å². The van der Waals surface area contributed by atoms with Crippen LogP contribution in [0.15, 0.2) is 0 Å². The topological polar surface area (TPSA) is 84.6 Å². The second kappa shape index (κ2) is 5.40. The highest BCUT2D eigenvalue weighted by Gasteiger charge is 2.21. The molecule has 7 heteroatoms. The average molecular weight is 265 g/mol. The number of anilines is 2. The second-order valence-electron chi connectivity index (χ2n) is 4.65. The Kier molecular flexibility index (Phi) is 3.84. The van der Waals surface area contributed by atoms with Crippen molar-refractivity contribution in [3.63, 3.8) is 0 Å². The van der Waals surface area contributed by atoms with Crippen LogP contribution in [0.2, 0.25) is 0 Å². The SMILES string of the molecule is COC(=O)c1c(C)nc(N2CCN(C)CC2)nc1N. The molecule has 0 bridgehead atoms. The van der Waals surface area contributed by atoms with Crippen molar-refractivity contribution in [1.82, 2.24) is 14.9 Å². The van der Waals surface area contributed by atoms with Gasteiger partial charge in [0, 0.05) is 26.2 Å². The van der Waals surface area contributed by atoms with E-state index in [1.165, 1.54) is 7.11 Å². The first-order valence-corrected chi connectivity index (χ1v) is 6.19. The molecule has 1 saturated heterocycles. The molecular weight excluding hydrogens is 246 g/mol. The highest BCUT2D eigenvalue weighted by atomic mass is 16.5. The number of piperazine rings is 1. The maximum absolute atomic E-state index is 11.6. The van der Waals surface area contributed by atoms with E-state index in [2.05, 4.69) is 31.6 Å². The highest BCUT2D eigenvalue weighted by Crippen LogP contribution is 2.19. The molecule has 2 heterocycles. The quantitative estimate of drug-likeness (QED) is 0.748. The number of aryl methyl sites for hydroxylation is 1. The summed E-state index contributed by atoms with van der Waals surface area (Å²) in [6, 6.07) is 0. The fourth-order valence-corrected chi connectivity index (χ4v) is 2.08. The molecule has 2 rings (SSSR count). The molecule has 1 aliphatic heterocycles. The third-order valence-electron chi connectivity index (χ3n) is 3.28. The van der Waals surface area contributed by atoms with Crippen LogP contribution in [-0.4, -0.2) is 61.2 Å². The molecule has 0 saturated carbocycles. The highest BCUT2D eigenvalue weighted by molar-refractivity contribution is 5.95. The largest absolute Gasteiger partial charge is 0.465 e. The minimum absolute atomic E-state index is 0.174. The van der Waals surface area contributed by atoms with Gasteiger partial charge >= 0.3 is 5.97 Å². The second-order valence-corrected chi connectivity index (χ2v) is 4.65. The van der Waals surface area contributed by atoms with Crippen molar-refractivity contribution in [3.8, 4) is 0 Å². The van der Waals surface area contributed by atoms with E-state index in [4.69, 9.17) is 5.73 Å². The van der Waals surface area contributed by atoms with Crippen LogP contribution in [0.25, 0.3) is 0 Å². The van der Waals surface area contributed by atoms with Crippen LogP contribution < -0.4 is 10.6 Å². The lowest BCUT2D eigenvalue weighted by Gasteiger charge is -2.32. The van der Waals surface area contributed by atoms with E-state index in [1.54, 1.807) is 6.92 Å². The lowest BCUT2D eigenvalue weighted by Crippen LogP contribution is -2.45. The van der Waals surface area contributed by atoms with Crippen molar-refractivity contribution < 1.29 is 9.53 Å². The Hall–Kier alpha value is -1.89. The Labute approximate surface area is 112 Å². The van der Waals surface area contributed by atoms with Gasteiger partial charge in [-0.05, 0) is 14.0 Å². The number of rotatable bonds is 2. The molecule has 0 radical (unpaired) electrons. The standard InChI is InChI=1S/C12H19N5O2/c1-8-9(11(18)19-3)10(13)15-12(14-8)17-6-4-16(2)5-7-17/h4-7H2,1-3H3,(H2,13,14,15). The Morgan fingerprint density at radius 2 is 1.89 bits per heavy atom. The van der Waals surface area contributed by atoms with Gasteiger partial charge in [0.15, 0.2) is 0 Å². The summed E-state index contributed by atoms with van der Waals surface area (Å²) < 4.78 is 4.68. The normalized spacial score (nSPS) is 16.5. The monoisotopic (exact) mass is 265 g/mol. The van der Waals surface area contributed by atoms with E-state index in [9.17, 15) is 4.79 Å². The van der Waals surface area contributed by atoms with Gasteiger partial charge in [0.2, 0.25) is 5.95 Å². The maximum Gasteiger partial charge on any atom is 0.343 e. The number of hydrogen-bond donors (Lipinski definition) is 1. The number of likely N-dealkylation sites (N-methyl/N-ethyl adjacent to an activating group) is 1. The predicted molar refractivity (Wildman–Crippen MR) is 72.2 cm³/mol. The molecule has 19 heavy (non-hydrogen) atoms. The van der Waals surface area contributed by atoms with E-state index in [-0.39, 0.29) is 11.4 Å². The number of nitrogens with two attached hydrogens (primary N) is 1. The molecule has 1 aliphatic rings. The minimum atomic E-state index is -0.500. The molecule has 7 nitrogen and oxygen atoms in total. The van der Waals surface area contributed by atoms with Crippen LogP contribution in [0.3, 0.4) is 0 Å². The van der Waals surface area contributed by atoms with Gasteiger partial charge in [0.1, 0.15) is 11.4 Å². The zero-order valence-electron chi connectivity index (χ0n) is 11.5. The third-order valence-corrected chi connectivity index (χ3v) is 3.28. The summed E-state index contributed by atoms with van der Waals surface area (Å²) in [5, 5.41) is 0. The van der Waals surface area contributed by atoms with Gasteiger partial charge in [-0.25, -0.2) is 9.78 Å². The van der Waals surface area contributed by atoms with E-state index in [1.807, 2.05) is 0 Å². The number of ether oxygens (including phenoxy) is 1. The van der Waals surface area contributed by atoms with Crippen LogP contribution in [0, 0.1) is 6.92 Å². The van der Waals surface area contributed by atoms with Crippen molar-refractivity contribution in [2.75, 3.05) is 51.0 Å². The smallest absolute Gasteiger partial charge is 0.343 e. The average Bonchev–Trinajstić information content (AvgIpc) is 2.38. The molecule has 0 spiro atoms. The van der Waals surface area contributed by atoms with Gasteiger partial charge < -0.3 is 20.3 Å². The number of esters is 1. The summed E-state index contributed by atoms with van der Waals surface area (Å²) in [5.41, 5.74) is 6.64. The fourth-order valence-electron chi connectivity index (χ4n) is 2.08. The van der Waals surface area contributed by atoms with Crippen molar-refractivity contribution in [2.45, 2.75) is 6.92 Å². The lowest BCUT2D eigenvalue weighted by atomic mass is 10.2. The fraction of sp³-hybridized carbons (Fsp3) is 0.583. The molecule has 0 aromatic carbocycles. The molecule has 104 valence electrons. The van der Waals surface area contributed by atoms with Crippen molar-refractivity contribution >= 4 is 17.7 Å². The summed E-state index contributed by atoms with van der Waals surface area (Å²) in [6.07, 6.45) is 0. The van der Waals surface area contributed by atoms with E-state index in [0.717, 1.165) is 26.2 Å².